The molecule has 3 saturated carbocycles. The Morgan fingerprint density at radius 2 is 1.78 bits per heavy atom. The van der Waals surface area contributed by atoms with E-state index in [0.29, 0.717) is 17.6 Å². The lowest BCUT2D eigenvalue weighted by Gasteiger charge is -2.51. The summed E-state index contributed by atoms with van der Waals surface area (Å²) in [7, 11) is 0. The second-order valence-corrected chi connectivity index (χ2v) is 11.9. The van der Waals surface area contributed by atoms with Crippen LogP contribution in [0.3, 0.4) is 0 Å². The van der Waals surface area contributed by atoms with Crippen molar-refractivity contribution in [2.45, 2.75) is 88.4 Å². The number of nitrogens with one attached hydrogen (secondary N) is 1. The molecule has 8 heteroatoms. The Bertz CT molecular complexity index is 1300. The monoisotopic (exact) mass is 502 g/mol. The van der Waals surface area contributed by atoms with Crippen molar-refractivity contribution in [3.63, 3.8) is 0 Å². The number of nitrogens with zero attached hydrogens (tertiary/aromatic N) is 4. The number of benzene rings is 1. The molecule has 4 aliphatic rings. The number of hydrogen-bond acceptors (Lipinski definition) is 6. The van der Waals surface area contributed by atoms with Crippen LogP contribution in [0.15, 0.2) is 36.7 Å². The molecule has 3 aromatic rings. The fraction of sp³-hybridized carbons (Fsp3) is 0.552. The third-order valence-electron chi connectivity index (χ3n) is 9.21. The number of nitrogen functional groups attached to an aromatic ring is 1. The third-order valence-corrected chi connectivity index (χ3v) is 9.21. The van der Waals surface area contributed by atoms with Gasteiger partial charge in [0.05, 0.1) is 22.7 Å². The van der Waals surface area contributed by atoms with Gasteiger partial charge in [-0.2, -0.15) is 5.10 Å². The maximum Gasteiger partial charge on any atom is 0.255 e. The number of nitrogens with two attached hydrogens (primary N) is 1. The molecule has 1 saturated heterocycles. The molecule has 1 aromatic carbocycles. The molecule has 7 rings (SSSR count). The van der Waals surface area contributed by atoms with E-state index in [4.69, 9.17) is 10.8 Å². The number of fused-ring (bicyclic) bond motifs is 4. The number of carbonyl (C=O) groups is 1. The predicted octanol–water partition coefficient (Wildman–Crippen LogP) is 4.29. The van der Waals surface area contributed by atoms with E-state index in [1.165, 1.54) is 0 Å². The summed E-state index contributed by atoms with van der Waals surface area (Å²) in [5.41, 5.74) is 8.61. The van der Waals surface area contributed by atoms with Crippen LogP contribution in [0.1, 0.15) is 81.6 Å². The van der Waals surface area contributed by atoms with Gasteiger partial charge in [0.2, 0.25) is 0 Å². The van der Waals surface area contributed by atoms with Gasteiger partial charge in [-0.25, -0.2) is 4.98 Å². The van der Waals surface area contributed by atoms with E-state index in [1.807, 2.05) is 18.2 Å². The molecule has 4 N–H and O–H groups in total. The summed E-state index contributed by atoms with van der Waals surface area (Å²) in [5, 5.41) is 19.7. The molecular weight excluding hydrogens is 464 g/mol. The number of aromatic nitrogens is 3. The van der Waals surface area contributed by atoms with Crippen LogP contribution in [-0.2, 0) is 0 Å². The van der Waals surface area contributed by atoms with E-state index in [-0.39, 0.29) is 17.3 Å². The van der Waals surface area contributed by atoms with E-state index >= 15 is 0 Å². The minimum absolute atomic E-state index is 0.180. The largest absolute Gasteiger partial charge is 0.390 e. The number of likely N-dealkylation sites (tertiary alicyclic amines) is 1. The zero-order valence-electron chi connectivity index (χ0n) is 21.9. The fourth-order valence-corrected chi connectivity index (χ4v) is 6.55. The van der Waals surface area contributed by atoms with Crippen LogP contribution < -0.4 is 11.1 Å². The van der Waals surface area contributed by atoms with Crippen molar-refractivity contribution in [1.82, 2.24) is 25.0 Å². The zero-order chi connectivity index (χ0) is 25.8. The number of rotatable bonds is 5. The first kappa shape index (κ1) is 24.4. The lowest BCUT2D eigenvalue weighted by Crippen LogP contribution is -2.58. The van der Waals surface area contributed by atoms with Crippen LogP contribution in [0, 0.1) is 0 Å². The quantitative estimate of drug-likeness (QED) is 0.480. The fourth-order valence-electron chi connectivity index (χ4n) is 6.55. The highest BCUT2D eigenvalue weighted by atomic mass is 16.3. The van der Waals surface area contributed by atoms with Gasteiger partial charge in [-0.15, -0.1) is 0 Å². The highest BCUT2D eigenvalue weighted by Gasteiger charge is 2.48. The summed E-state index contributed by atoms with van der Waals surface area (Å²) >= 11 is 0. The van der Waals surface area contributed by atoms with Gasteiger partial charge < -0.3 is 21.1 Å². The molecule has 3 aliphatic carbocycles. The second kappa shape index (κ2) is 9.10. The first-order valence-electron chi connectivity index (χ1n) is 13.8. The molecule has 0 radical (unpaired) electrons. The number of aliphatic hydroxyl groups is 1. The second-order valence-electron chi connectivity index (χ2n) is 11.9. The number of amides is 1. The van der Waals surface area contributed by atoms with Crippen molar-refractivity contribution in [3.8, 4) is 11.1 Å². The van der Waals surface area contributed by atoms with Crippen molar-refractivity contribution in [1.29, 1.82) is 0 Å². The third kappa shape index (κ3) is 4.61. The van der Waals surface area contributed by atoms with Gasteiger partial charge in [0, 0.05) is 48.0 Å². The molecule has 1 aliphatic heterocycles. The van der Waals surface area contributed by atoms with Crippen LogP contribution in [-0.4, -0.2) is 60.9 Å². The molecule has 2 bridgehead atoms. The summed E-state index contributed by atoms with van der Waals surface area (Å²) < 4.78 is 2.14. The van der Waals surface area contributed by atoms with Gasteiger partial charge in [-0.3, -0.25) is 9.48 Å². The number of piperidine rings is 1. The highest BCUT2D eigenvalue weighted by Crippen LogP contribution is 2.46. The van der Waals surface area contributed by atoms with Crippen molar-refractivity contribution in [2.75, 3.05) is 18.8 Å². The van der Waals surface area contributed by atoms with Gasteiger partial charge >= 0.3 is 0 Å². The van der Waals surface area contributed by atoms with Gasteiger partial charge in [0.15, 0.2) is 0 Å². The molecule has 3 heterocycles. The predicted molar refractivity (Wildman–Crippen MR) is 145 cm³/mol. The normalized spacial score (nSPS) is 26.7. The summed E-state index contributed by atoms with van der Waals surface area (Å²) in [6, 6.07) is 9.07. The Morgan fingerprint density at radius 3 is 2.46 bits per heavy atom. The van der Waals surface area contributed by atoms with Gasteiger partial charge in [0.1, 0.15) is 5.82 Å². The topological polar surface area (TPSA) is 109 Å². The smallest absolute Gasteiger partial charge is 0.255 e. The maximum atomic E-state index is 13.3. The molecule has 0 spiro atoms. The maximum absolute atomic E-state index is 13.3. The number of hydrogen-bond donors (Lipinski definition) is 3. The summed E-state index contributed by atoms with van der Waals surface area (Å²) in [4.78, 5) is 20.2. The molecule has 0 unspecified atom stereocenters. The minimum Gasteiger partial charge on any atom is -0.390 e. The Balaban J connectivity index is 1.21. The van der Waals surface area contributed by atoms with Crippen LogP contribution in [0.2, 0.25) is 0 Å². The molecule has 196 valence electrons. The molecular formula is C29H38N6O2. The summed E-state index contributed by atoms with van der Waals surface area (Å²) in [6.07, 6.45) is 10.7. The number of carbonyl (C=O) groups excluding carboxylic acids is 1. The molecule has 4 fully saturated rings. The molecule has 37 heavy (non-hydrogen) atoms. The van der Waals surface area contributed by atoms with Crippen molar-refractivity contribution >= 4 is 22.6 Å². The summed E-state index contributed by atoms with van der Waals surface area (Å²) in [5.74, 6) is 0.0586. The van der Waals surface area contributed by atoms with Gasteiger partial charge in [0.25, 0.3) is 5.91 Å². The SMILES string of the molecule is CC(C)N1CCC(n2cc3cc(-c4cnc(N)c(C(=O)NC56CCC(O)(CC5)CC6)c4)ccc3n2)CC1. The Labute approximate surface area is 218 Å². The van der Waals surface area contributed by atoms with Crippen molar-refractivity contribution in [3.05, 3.63) is 42.2 Å². The Hall–Kier alpha value is -2.97. The number of anilines is 1. The van der Waals surface area contributed by atoms with Crippen molar-refractivity contribution < 1.29 is 9.90 Å². The molecule has 1 amide bonds. The van der Waals surface area contributed by atoms with E-state index in [2.05, 4.69) is 46.0 Å². The minimum atomic E-state index is -0.537. The molecule has 8 nitrogen and oxygen atoms in total. The van der Waals surface area contributed by atoms with Crippen molar-refractivity contribution in [2.24, 2.45) is 0 Å². The lowest BCUT2D eigenvalue weighted by molar-refractivity contribution is -0.0702. The van der Waals surface area contributed by atoms with Gasteiger partial charge in [-0.05, 0) is 89.0 Å². The first-order valence-corrected chi connectivity index (χ1v) is 13.8. The highest BCUT2D eigenvalue weighted by molar-refractivity contribution is 6.00. The lowest BCUT2D eigenvalue weighted by atomic mass is 9.63. The molecule has 2 aromatic heterocycles. The number of pyridine rings is 1. The zero-order valence-corrected chi connectivity index (χ0v) is 21.9. The summed E-state index contributed by atoms with van der Waals surface area (Å²) in [6.45, 7) is 6.73. The Morgan fingerprint density at radius 1 is 1.08 bits per heavy atom. The standard InChI is InChI=1S/C29H38N6O2/c1-19(2)34-13-5-23(6-14-34)35-18-22-15-20(3-4-25(22)33-35)21-16-24(26(30)31-17-21)27(36)32-28-7-10-29(37,11-8-28)12-9-28/h3-4,15-19,23,37H,5-14H2,1-2H3,(H2,30,31)(H,32,36). The van der Waals surface area contributed by atoms with Crippen LogP contribution in [0.25, 0.3) is 22.0 Å². The molecule has 0 atom stereocenters. The van der Waals surface area contributed by atoms with Gasteiger partial charge in [-0.1, -0.05) is 6.07 Å². The van der Waals surface area contributed by atoms with E-state index in [9.17, 15) is 9.90 Å². The van der Waals surface area contributed by atoms with E-state index in [0.717, 1.165) is 86.5 Å². The average Bonchev–Trinajstić information content (AvgIpc) is 3.33. The van der Waals surface area contributed by atoms with E-state index in [1.54, 1.807) is 6.20 Å². The van der Waals surface area contributed by atoms with Crippen LogP contribution in [0.5, 0.6) is 0 Å². The van der Waals surface area contributed by atoms with E-state index < -0.39 is 5.60 Å². The Kier molecular flexibility index (Phi) is 5.99. The van der Waals surface area contributed by atoms with Crippen LogP contribution >= 0.6 is 0 Å². The first-order chi connectivity index (χ1) is 17.7. The average molecular weight is 503 g/mol. The van der Waals surface area contributed by atoms with Crippen LogP contribution in [0.4, 0.5) is 5.82 Å².